The van der Waals surface area contributed by atoms with Gasteiger partial charge in [-0.15, -0.1) is 0 Å². The molecule has 0 aromatic rings. The summed E-state index contributed by atoms with van der Waals surface area (Å²) >= 11 is 0. The predicted octanol–water partition coefficient (Wildman–Crippen LogP) is 0.366. The summed E-state index contributed by atoms with van der Waals surface area (Å²) in [6, 6.07) is 0.105. The Kier molecular flexibility index (Phi) is 5.53. The number of nitrogens with two attached hydrogens (primary N) is 1. The summed E-state index contributed by atoms with van der Waals surface area (Å²) in [4.78, 5) is 0. The van der Waals surface area contributed by atoms with Gasteiger partial charge in [0.05, 0.1) is 6.61 Å². The number of methoxy groups -OCH3 is 2. The van der Waals surface area contributed by atoms with E-state index >= 15 is 0 Å². The van der Waals surface area contributed by atoms with Gasteiger partial charge in [0, 0.05) is 40.0 Å². The van der Waals surface area contributed by atoms with Gasteiger partial charge in [-0.25, -0.2) is 0 Å². The molecule has 1 fully saturated rings. The minimum Gasteiger partial charge on any atom is -0.385 e. The summed E-state index contributed by atoms with van der Waals surface area (Å²) in [5, 5.41) is 3.42. The molecule has 0 aromatic carbocycles. The lowest BCUT2D eigenvalue weighted by Gasteiger charge is -2.17. The number of nitrogens with one attached hydrogen (secondary N) is 1. The summed E-state index contributed by atoms with van der Waals surface area (Å²) in [6.45, 7) is 3.39. The van der Waals surface area contributed by atoms with Crippen LogP contribution >= 0.6 is 0 Å². The molecule has 0 amide bonds. The molecular formula is C11H24N2O2. The average Bonchev–Trinajstić information content (AvgIpc) is 2.96. The van der Waals surface area contributed by atoms with Crippen LogP contribution in [0.4, 0.5) is 0 Å². The van der Waals surface area contributed by atoms with Crippen molar-refractivity contribution in [3.05, 3.63) is 0 Å². The van der Waals surface area contributed by atoms with E-state index in [1.807, 2.05) is 0 Å². The highest BCUT2D eigenvalue weighted by atomic mass is 16.5. The lowest BCUT2D eigenvalue weighted by molar-refractivity contribution is 0.166. The molecule has 3 N–H and O–H groups in total. The zero-order valence-corrected chi connectivity index (χ0v) is 9.92. The fourth-order valence-corrected chi connectivity index (χ4v) is 1.81. The first-order valence-electron chi connectivity index (χ1n) is 5.66. The fraction of sp³-hybridized carbons (Fsp3) is 1.00. The Balaban J connectivity index is 2.04. The van der Waals surface area contributed by atoms with Gasteiger partial charge in [0.2, 0.25) is 0 Å². The van der Waals surface area contributed by atoms with Crippen molar-refractivity contribution in [2.45, 2.75) is 25.3 Å². The summed E-state index contributed by atoms with van der Waals surface area (Å²) < 4.78 is 10.1. The summed E-state index contributed by atoms with van der Waals surface area (Å²) in [6.07, 6.45) is 3.81. The summed E-state index contributed by atoms with van der Waals surface area (Å²) in [5.41, 5.74) is 6.32. The second-order valence-electron chi connectivity index (χ2n) is 4.59. The maximum atomic E-state index is 5.82. The highest BCUT2D eigenvalue weighted by Crippen LogP contribution is 2.48. The van der Waals surface area contributed by atoms with Gasteiger partial charge in [0.25, 0.3) is 0 Å². The molecule has 0 heterocycles. The minimum absolute atomic E-state index is 0.105. The Morgan fingerprint density at radius 3 is 2.60 bits per heavy atom. The first-order chi connectivity index (χ1) is 7.22. The van der Waals surface area contributed by atoms with Gasteiger partial charge in [-0.1, -0.05) is 0 Å². The van der Waals surface area contributed by atoms with E-state index in [1.165, 1.54) is 12.8 Å². The van der Waals surface area contributed by atoms with E-state index in [2.05, 4.69) is 5.32 Å². The molecule has 0 bridgehead atoms. The molecule has 90 valence electrons. The topological polar surface area (TPSA) is 56.5 Å². The number of hydrogen-bond donors (Lipinski definition) is 2. The number of ether oxygens (including phenoxy) is 2. The standard InChI is InChI=1S/C11H24N2O2/c1-14-6-5-11(3-4-11)9-13-7-10(12)8-15-2/h10,13H,3-9,12H2,1-2H3. The van der Waals surface area contributed by atoms with E-state index in [0.717, 1.165) is 26.1 Å². The number of hydrogen-bond acceptors (Lipinski definition) is 4. The van der Waals surface area contributed by atoms with E-state index < -0.39 is 0 Å². The van der Waals surface area contributed by atoms with E-state index in [9.17, 15) is 0 Å². The second-order valence-corrected chi connectivity index (χ2v) is 4.59. The number of rotatable bonds is 9. The molecule has 0 saturated heterocycles. The van der Waals surface area contributed by atoms with Crippen molar-refractivity contribution in [2.75, 3.05) is 40.5 Å². The Morgan fingerprint density at radius 2 is 2.07 bits per heavy atom. The molecule has 1 rings (SSSR count). The van der Waals surface area contributed by atoms with Gasteiger partial charge in [-0.2, -0.15) is 0 Å². The molecule has 1 saturated carbocycles. The van der Waals surface area contributed by atoms with Crippen molar-refractivity contribution in [1.29, 1.82) is 0 Å². The highest BCUT2D eigenvalue weighted by molar-refractivity contribution is 4.94. The molecular weight excluding hydrogens is 192 g/mol. The quantitative estimate of drug-likeness (QED) is 0.584. The maximum absolute atomic E-state index is 5.82. The fourth-order valence-electron chi connectivity index (χ4n) is 1.81. The van der Waals surface area contributed by atoms with Gasteiger partial charge in [0.1, 0.15) is 0 Å². The van der Waals surface area contributed by atoms with Crippen LogP contribution in [0.5, 0.6) is 0 Å². The third-order valence-electron chi connectivity index (χ3n) is 3.08. The normalized spacial score (nSPS) is 20.2. The Hall–Kier alpha value is -0.160. The van der Waals surface area contributed by atoms with Crippen LogP contribution in [0.2, 0.25) is 0 Å². The third-order valence-corrected chi connectivity index (χ3v) is 3.08. The molecule has 4 heteroatoms. The van der Waals surface area contributed by atoms with Crippen LogP contribution in [-0.4, -0.2) is 46.6 Å². The van der Waals surface area contributed by atoms with Gasteiger partial charge in [-0.05, 0) is 24.7 Å². The van der Waals surface area contributed by atoms with Crippen molar-refractivity contribution in [1.82, 2.24) is 5.32 Å². The lowest BCUT2D eigenvalue weighted by Crippen LogP contribution is -2.39. The minimum atomic E-state index is 0.105. The summed E-state index contributed by atoms with van der Waals surface area (Å²) in [5.74, 6) is 0. The molecule has 0 aliphatic heterocycles. The zero-order valence-electron chi connectivity index (χ0n) is 9.92. The Labute approximate surface area is 92.5 Å². The SMILES string of the molecule is COCCC1(CNCC(N)COC)CC1. The first kappa shape index (κ1) is 12.9. The smallest absolute Gasteiger partial charge is 0.0626 e. The molecule has 0 spiro atoms. The molecule has 1 aliphatic carbocycles. The molecule has 0 aromatic heterocycles. The first-order valence-corrected chi connectivity index (χ1v) is 5.66. The van der Waals surface area contributed by atoms with Crippen LogP contribution in [0.15, 0.2) is 0 Å². The zero-order chi connectivity index (χ0) is 11.1. The van der Waals surface area contributed by atoms with E-state index in [1.54, 1.807) is 14.2 Å². The molecule has 4 nitrogen and oxygen atoms in total. The van der Waals surface area contributed by atoms with Crippen molar-refractivity contribution in [3.8, 4) is 0 Å². The van der Waals surface area contributed by atoms with Crippen molar-refractivity contribution in [2.24, 2.45) is 11.1 Å². The monoisotopic (exact) mass is 216 g/mol. The van der Waals surface area contributed by atoms with Crippen molar-refractivity contribution in [3.63, 3.8) is 0 Å². The van der Waals surface area contributed by atoms with Crippen LogP contribution in [0.1, 0.15) is 19.3 Å². The van der Waals surface area contributed by atoms with Crippen LogP contribution in [0, 0.1) is 5.41 Å². The van der Waals surface area contributed by atoms with Crippen LogP contribution in [0.25, 0.3) is 0 Å². The molecule has 1 unspecified atom stereocenters. The molecule has 1 atom stereocenters. The molecule has 0 radical (unpaired) electrons. The molecule has 1 aliphatic rings. The molecule has 15 heavy (non-hydrogen) atoms. The van der Waals surface area contributed by atoms with E-state index in [4.69, 9.17) is 15.2 Å². The Bertz CT molecular complexity index is 172. The summed E-state index contributed by atoms with van der Waals surface area (Å²) in [7, 11) is 3.44. The van der Waals surface area contributed by atoms with Crippen molar-refractivity contribution >= 4 is 0 Å². The lowest BCUT2D eigenvalue weighted by atomic mass is 10.0. The van der Waals surface area contributed by atoms with Crippen molar-refractivity contribution < 1.29 is 9.47 Å². The van der Waals surface area contributed by atoms with Gasteiger partial charge in [0.15, 0.2) is 0 Å². The maximum Gasteiger partial charge on any atom is 0.0626 e. The Morgan fingerprint density at radius 1 is 1.33 bits per heavy atom. The average molecular weight is 216 g/mol. The third kappa shape index (κ3) is 4.93. The predicted molar refractivity (Wildman–Crippen MR) is 60.9 cm³/mol. The van der Waals surface area contributed by atoms with Crippen LogP contribution in [0.3, 0.4) is 0 Å². The van der Waals surface area contributed by atoms with Crippen LogP contribution in [-0.2, 0) is 9.47 Å². The van der Waals surface area contributed by atoms with Gasteiger partial charge in [-0.3, -0.25) is 0 Å². The van der Waals surface area contributed by atoms with E-state index in [-0.39, 0.29) is 6.04 Å². The van der Waals surface area contributed by atoms with E-state index in [0.29, 0.717) is 12.0 Å². The van der Waals surface area contributed by atoms with Gasteiger partial charge >= 0.3 is 0 Å². The largest absolute Gasteiger partial charge is 0.385 e. The second kappa shape index (κ2) is 6.43. The van der Waals surface area contributed by atoms with Gasteiger partial charge < -0.3 is 20.5 Å². The van der Waals surface area contributed by atoms with Crippen LogP contribution < -0.4 is 11.1 Å². The highest BCUT2D eigenvalue weighted by Gasteiger charge is 2.41.